The highest BCUT2D eigenvalue weighted by Gasteiger charge is 2.26. The maximum absolute atomic E-state index is 13.7. The van der Waals surface area contributed by atoms with Crippen LogP contribution in [-0.2, 0) is 9.84 Å². The first-order chi connectivity index (χ1) is 7.77. The second-order valence-electron chi connectivity index (χ2n) is 3.95. The lowest BCUT2D eigenvalue weighted by atomic mass is 10.0. The molecule has 0 spiro atoms. The molecule has 1 aromatic rings. The van der Waals surface area contributed by atoms with Crippen molar-refractivity contribution in [2.45, 2.75) is 18.2 Å². The first-order valence-electron chi connectivity index (χ1n) is 5.05. The van der Waals surface area contributed by atoms with E-state index in [2.05, 4.69) is 0 Å². The summed E-state index contributed by atoms with van der Waals surface area (Å²) in [5.41, 5.74) is 5.93. The molecule has 17 heavy (non-hydrogen) atoms. The Hall–Kier alpha value is -1.14. The number of ether oxygens (including phenoxy) is 1. The van der Waals surface area contributed by atoms with Gasteiger partial charge in [-0.2, -0.15) is 0 Å². The lowest BCUT2D eigenvalue weighted by Crippen LogP contribution is -2.31. The maximum Gasteiger partial charge on any atom is 0.151 e. The zero-order chi connectivity index (χ0) is 13.2. The zero-order valence-corrected chi connectivity index (χ0v) is 10.8. The molecule has 0 radical (unpaired) electrons. The number of hydrogen-bond donors (Lipinski definition) is 1. The van der Waals surface area contributed by atoms with Crippen LogP contribution in [0.4, 0.5) is 4.39 Å². The predicted molar refractivity (Wildman–Crippen MR) is 64.2 cm³/mol. The van der Waals surface area contributed by atoms with E-state index in [1.807, 2.05) is 0 Å². The van der Waals surface area contributed by atoms with Crippen LogP contribution in [0.5, 0.6) is 5.75 Å². The molecule has 0 aliphatic rings. The van der Waals surface area contributed by atoms with Crippen LogP contribution in [0, 0.1) is 5.82 Å². The monoisotopic (exact) mass is 261 g/mol. The summed E-state index contributed by atoms with van der Waals surface area (Å²) in [4.78, 5) is 0. The second kappa shape index (κ2) is 5.01. The van der Waals surface area contributed by atoms with Crippen molar-refractivity contribution in [2.75, 3.05) is 13.4 Å². The molecule has 96 valence electrons. The predicted octanol–water partition coefficient (Wildman–Crippen LogP) is 1.27. The quantitative estimate of drug-likeness (QED) is 0.886. The Bertz CT molecular complexity index is 501. The lowest BCUT2D eigenvalue weighted by Gasteiger charge is -2.19. The minimum Gasteiger partial charge on any atom is -0.497 e. The van der Waals surface area contributed by atoms with Crippen LogP contribution in [0.25, 0.3) is 0 Å². The van der Waals surface area contributed by atoms with Gasteiger partial charge in [0.05, 0.1) is 12.4 Å². The highest BCUT2D eigenvalue weighted by Crippen LogP contribution is 2.24. The molecule has 0 amide bonds. The Morgan fingerprint density at radius 1 is 1.41 bits per heavy atom. The number of sulfone groups is 1. The van der Waals surface area contributed by atoms with Crippen LogP contribution < -0.4 is 10.5 Å². The smallest absolute Gasteiger partial charge is 0.151 e. The van der Waals surface area contributed by atoms with Gasteiger partial charge in [0.2, 0.25) is 0 Å². The van der Waals surface area contributed by atoms with Crippen LogP contribution in [0.15, 0.2) is 18.2 Å². The van der Waals surface area contributed by atoms with Crippen LogP contribution >= 0.6 is 0 Å². The van der Waals surface area contributed by atoms with Gasteiger partial charge in [0, 0.05) is 23.9 Å². The summed E-state index contributed by atoms with van der Waals surface area (Å²) in [6.07, 6.45) is 1.08. The molecule has 2 unspecified atom stereocenters. The number of benzene rings is 1. The number of halogens is 1. The normalized spacial score (nSPS) is 15.4. The van der Waals surface area contributed by atoms with Crippen molar-refractivity contribution in [1.29, 1.82) is 0 Å². The van der Waals surface area contributed by atoms with Crippen LogP contribution in [0.3, 0.4) is 0 Å². The van der Waals surface area contributed by atoms with Gasteiger partial charge in [-0.1, -0.05) is 6.07 Å². The zero-order valence-electron chi connectivity index (χ0n) is 9.98. The molecule has 6 heteroatoms. The summed E-state index contributed by atoms with van der Waals surface area (Å²) in [5.74, 6) is -0.196. The molecule has 4 nitrogen and oxygen atoms in total. The van der Waals surface area contributed by atoms with Gasteiger partial charge in [0.25, 0.3) is 0 Å². The Morgan fingerprint density at radius 2 is 2.00 bits per heavy atom. The van der Waals surface area contributed by atoms with E-state index in [1.165, 1.54) is 26.2 Å². The molecule has 0 aromatic heterocycles. The van der Waals surface area contributed by atoms with E-state index in [1.54, 1.807) is 6.07 Å². The average Bonchev–Trinajstić information content (AvgIpc) is 2.25. The molecular formula is C11H16FNO3S. The fourth-order valence-electron chi connectivity index (χ4n) is 1.42. The SMILES string of the molecule is COc1ccc(C(N)C(C)S(C)(=O)=O)c(F)c1. The van der Waals surface area contributed by atoms with E-state index < -0.39 is 26.9 Å². The van der Waals surface area contributed by atoms with Gasteiger partial charge >= 0.3 is 0 Å². The minimum atomic E-state index is -3.31. The molecule has 0 heterocycles. The lowest BCUT2D eigenvalue weighted by molar-refractivity contribution is 0.410. The van der Waals surface area contributed by atoms with Crippen molar-refractivity contribution in [3.63, 3.8) is 0 Å². The van der Waals surface area contributed by atoms with E-state index in [0.29, 0.717) is 5.75 Å². The summed E-state index contributed by atoms with van der Waals surface area (Å²) in [6, 6.07) is 3.29. The van der Waals surface area contributed by atoms with Crippen molar-refractivity contribution < 1.29 is 17.5 Å². The fraction of sp³-hybridized carbons (Fsp3) is 0.455. The average molecular weight is 261 g/mol. The number of nitrogens with two attached hydrogens (primary N) is 1. The molecule has 0 bridgehead atoms. The van der Waals surface area contributed by atoms with Gasteiger partial charge in [0.1, 0.15) is 11.6 Å². The van der Waals surface area contributed by atoms with Gasteiger partial charge < -0.3 is 10.5 Å². The van der Waals surface area contributed by atoms with E-state index in [0.717, 1.165) is 6.26 Å². The van der Waals surface area contributed by atoms with Crippen molar-refractivity contribution >= 4 is 9.84 Å². The van der Waals surface area contributed by atoms with Crippen molar-refractivity contribution in [2.24, 2.45) is 5.73 Å². The molecule has 2 N–H and O–H groups in total. The third-order valence-electron chi connectivity index (χ3n) is 2.75. The molecular weight excluding hydrogens is 245 g/mol. The Kier molecular flexibility index (Phi) is 4.11. The largest absolute Gasteiger partial charge is 0.497 e. The molecule has 0 saturated heterocycles. The number of rotatable bonds is 4. The molecule has 0 saturated carbocycles. The Morgan fingerprint density at radius 3 is 2.41 bits per heavy atom. The van der Waals surface area contributed by atoms with E-state index >= 15 is 0 Å². The van der Waals surface area contributed by atoms with E-state index in [9.17, 15) is 12.8 Å². The third kappa shape index (κ3) is 3.17. The summed E-state index contributed by atoms with van der Waals surface area (Å²) < 4.78 is 41.2. The topological polar surface area (TPSA) is 69.4 Å². The van der Waals surface area contributed by atoms with Gasteiger partial charge in [-0.05, 0) is 13.0 Å². The molecule has 1 aromatic carbocycles. The van der Waals surface area contributed by atoms with Gasteiger partial charge in [-0.25, -0.2) is 12.8 Å². The number of hydrogen-bond acceptors (Lipinski definition) is 4. The summed E-state index contributed by atoms with van der Waals surface area (Å²) in [6.45, 7) is 1.46. The third-order valence-corrected chi connectivity index (χ3v) is 4.39. The molecule has 2 atom stereocenters. The van der Waals surface area contributed by atoms with Crippen LogP contribution in [0.2, 0.25) is 0 Å². The standard InChI is InChI=1S/C11H16FNO3S/c1-7(17(3,14)15)11(13)9-5-4-8(16-2)6-10(9)12/h4-7,11H,13H2,1-3H3. The fourth-order valence-corrected chi connectivity index (χ4v) is 2.10. The summed E-state index contributed by atoms with van der Waals surface area (Å²) >= 11 is 0. The van der Waals surface area contributed by atoms with E-state index in [4.69, 9.17) is 10.5 Å². The van der Waals surface area contributed by atoms with Gasteiger partial charge in [-0.3, -0.25) is 0 Å². The van der Waals surface area contributed by atoms with Crippen molar-refractivity contribution in [3.05, 3.63) is 29.6 Å². The van der Waals surface area contributed by atoms with Crippen LogP contribution in [0.1, 0.15) is 18.5 Å². The molecule has 1 rings (SSSR count). The summed E-state index contributed by atoms with van der Waals surface area (Å²) in [5, 5.41) is -0.842. The van der Waals surface area contributed by atoms with Crippen LogP contribution in [-0.4, -0.2) is 27.0 Å². The van der Waals surface area contributed by atoms with E-state index in [-0.39, 0.29) is 5.56 Å². The van der Waals surface area contributed by atoms with Crippen molar-refractivity contribution in [3.8, 4) is 5.75 Å². The van der Waals surface area contributed by atoms with Gasteiger partial charge in [0.15, 0.2) is 9.84 Å². The first-order valence-corrected chi connectivity index (χ1v) is 7.00. The maximum atomic E-state index is 13.7. The number of methoxy groups -OCH3 is 1. The highest BCUT2D eigenvalue weighted by molar-refractivity contribution is 7.91. The molecule has 0 fully saturated rings. The highest BCUT2D eigenvalue weighted by atomic mass is 32.2. The summed E-state index contributed by atoms with van der Waals surface area (Å²) in [7, 11) is -1.88. The van der Waals surface area contributed by atoms with Gasteiger partial charge in [-0.15, -0.1) is 0 Å². The Labute approximate surface area is 101 Å². The first kappa shape index (κ1) is 13.9. The second-order valence-corrected chi connectivity index (χ2v) is 6.35. The molecule has 0 aliphatic carbocycles. The minimum absolute atomic E-state index is 0.170. The van der Waals surface area contributed by atoms with Crippen molar-refractivity contribution in [1.82, 2.24) is 0 Å². The Balaban J connectivity index is 3.09. The molecule has 0 aliphatic heterocycles.